The number of benzene rings is 4. The molecular formula is C37H32FN3O4. The van der Waals surface area contributed by atoms with Gasteiger partial charge in [0.05, 0.1) is 28.9 Å². The molecule has 0 saturated carbocycles. The van der Waals surface area contributed by atoms with Crippen LogP contribution in [0.25, 0.3) is 33.4 Å². The van der Waals surface area contributed by atoms with Crippen molar-refractivity contribution in [2.75, 3.05) is 13.7 Å². The van der Waals surface area contributed by atoms with Crippen LogP contribution in [-0.2, 0) is 24.3 Å². The quantitative estimate of drug-likeness (QED) is 0.164. The van der Waals surface area contributed by atoms with Crippen LogP contribution in [0.4, 0.5) is 4.39 Å². The van der Waals surface area contributed by atoms with Crippen molar-refractivity contribution in [1.82, 2.24) is 14.5 Å². The minimum Gasteiger partial charge on any atom is -0.478 e. The maximum absolute atomic E-state index is 14.4. The molecule has 6 rings (SSSR count). The van der Waals surface area contributed by atoms with Gasteiger partial charge in [0.2, 0.25) is 5.88 Å². The maximum Gasteiger partial charge on any atom is 0.335 e. The number of pyridine rings is 1. The molecule has 0 amide bonds. The van der Waals surface area contributed by atoms with Gasteiger partial charge < -0.3 is 19.1 Å². The number of methoxy groups -OCH3 is 1. The first kappa shape index (κ1) is 29.7. The molecule has 0 aliphatic carbocycles. The van der Waals surface area contributed by atoms with Crippen molar-refractivity contribution in [3.63, 3.8) is 0 Å². The Morgan fingerprint density at radius 1 is 0.867 bits per heavy atom. The van der Waals surface area contributed by atoms with E-state index in [-0.39, 0.29) is 18.0 Å². The highest BCUT2D eigenvalue weighted by Gasteiger charge is 2.17. The highest BCUT2D eigenvalue weighted by Crippen LogP contribution is 2.32. The fourth-order valence-corrected chi connectivity index (χ4v) is 5.40. The molecule has 8 heteroatoms. The van der Waals surface area contributed by atoms with Crippen molar-refractivity contribution >= 4 is 17.0 Å². The summed E-state index contributed by atoms with van der Waals surface area (Å²) in [6.45, 7) is 2.92. The molecule has 7 nitrogen and oxygen atoms in total. The number of halogens is 1. The topological polar surface area (TPSA) is 86.5 Å². The van der Waals surface area contributed by atoms with E-state index in [1.54, 1.807) is 37.4 Å². The highest BCUT2D eigenvalue weighted by atomic mass is 19.1. The molecule has 0 aliphatic heterocycles. The second-order valence-corrected chi connectivity index (χ2v) is 10.8. The Bertz CT molecular complexity index is 1990. The van der Waals surface area contributed by atoms with E-state index >= 15 is 0 Å². The van der Waals surface area contributed by atoms with Gasteiger partial charge in [-0.1, -0.05) is 60.7 Å². The molecule has 0 fully saturated rings. The van der Waals surface area contributed by atoms with Crippen LogP contribution in [0.1, 0.15) is 32.9 Å². The molecule has 226 valence electrons. The number of carboxylic acids is 1. The van der Waals surface area contributed by atoms with Gasteiger partial charge in [-0.15, -0.1) is 0 Å². The molecule has 2 aromatic heterocycles. The molecule has 0 atom stereocenters. The van der Waals surface area contributed by atoms with Gasteiger partial charge in [-0.3, -0.25) is 0 Å². The second kappa shape index (κ2) is 13.1. The first-order valence-corrected chi connectivity index (χ1v) is 14.6. The van der Waals surface area contributed by atoms with E-state index in [0.29, 0.717) is 31.0 Å². The number of ether oxygens (including phenoxy) is 2. The van der Waals surface area contributed by atoms with Crippen molar-refractivity contribution in [3.05, 3.63) is 137 Å². The van der Waals surface area contributed by atoms with Crippen LogP contribution in [0.5, 0.6) is 5.88 Å². The maximum atomic E-state index is 14.4. The Morgan fingerprint density at radius 3 is 2.47 bits per heavy atom. The third-order valence-corrected chi connectivity index (χ3v) is 7.74. The zero-order chi connectivity index (χ0) is 31.3. The zero-order valence-corrected chi connectivity index (χ0v) is 25.0. The Hall–Kier alpha value is -5.34. The summed E-state index contributed by atoms with van der Waals surface area (Å²) in [5.74, 6) is -0.0607. The van der Waals surface area contributed by atoms with Gasteiger partial charge in [-0.25, -0.2) is 19.2 Å². The predicted molar refractivity (Wildman–Crippen MR) is 172 cm³/mol. The minimum atomic E-state index is -0.981. The van der Waals surface area contributed by atoms with Crippen LogP contribution >= 0.6 is 0 Å². The molecule has 2 heterocycles. The van der Waals surface area contributed by atoms with Gasteiger partial charge in [0, 0.05) is 37.3 Å². The summed E-state index contributed by atoms with van der Waals surface area (Å²) in [6.07, 6.45) is 0.518. The number of aromatic carboxylic acids is 1. The molecule has 0 bridgehead atoms. The molecule has 4 aromatic carbocycles. The van der Waals surface area contributed by atoms with E-state index in [9.17, 15) is 14.3 Å². The minimum absolute atomic E-state index is 0.0782. The van der Waals surface area contributed by atoms with Crippen molar-refractivity contribution in [1.29, 1.82) is 0 Å². The molecule has 0 radical (unpaired) electrons. The predicted octanol–water partition coefficient (Wildman–Crippen LogP) is 7.73. The third-order valence-electron chi connectivity index (χ3n) is 7.74. The molecule has 1 N–H and O–H groups in total. The number of fused-ring (bicyclic) bond motifs is 1. The van der Waals surface area contributed by atoms with Crippen LogP contribution < -0.4 is 4.74 Å². The Morgan fingerprint density at radius 2 is 1.69 bits per heavy atom. The van der Waals surface area contributed by atoms with E-state index in [1.807, 2.05) is 54.0 Å². The smallest absolute Gasteiger partial charge is 0.335 e. The summed E-state index contributed by atoms with van der Waals surface area (Å²) >= 11 is 0. The Balaban J connectivity index is 1.35. The van der Waals surface area contributed by atoms with Gasteiger partial charge in [0.1, 0.15) is 18.2 Å². The van der Waals surface area contributed by atoms with Gasteiger partial charge in [-0.05, 0) is 65.6 Å². The van der Waals surface area contributed by atoms with Crippen LogP contribution in [-0.4, -0.2) is 39.3 Å². The lowest BCUT2D eigenvalue weighted by Crippen LogP contribution is -2.09. The normalized spacial score (nSPS) is 11.2. The first-order valence-electron chi connectivity index (χ1n) is 14.6. The SMILES string of the molecule is COCCn1c(Cc2ccc(-c3cccc(OCc4ccc(C)cc4F)n3)cc2-c2ccccc2)nc2ccc(C(=O)O)cc21. The van der Waals surface area contributed by atoms with E-state index in [0.717, 1.165) is 50.4 Å². The lowest BCUT2D eigenvalue weighted by molar-refractivity contribution is 0.0697. The highest BCUT2D eigenvalue weighted by molar-refractivity contribution is 5.92. The third kappa shape index (κ3) is 6.61. The number of carboxylic acid groups (broad SMARTS) is 1. The number of carbonyl (C=O) groups is 1. The van der Waals surface area contributed by atoms with Crippen LogP contribution in [0, 0.1) is 12.7 Å². The standard InChI is InChI=1S/C37H32FN3O4/c1-24-11-12-29(31(38)19-24)23-45-36-10-6-9-32(40-36)27-14-13-26(30(20-27)25-7-4-3-5-8-25)22-35-39-33-16-15-28(37(42)43)21-34(33)41(35)17-18-44-2/h3-16,19-21H,17-18,22-23H2,1-2H3,(H,42,43). The van der Waals surface area contributed by atoms with E-state index in [1.165, 1.54) is 6.07 Å². The number of aryl methyl sites for hydroxylation is 1. The molecular weight excluding hydrogens is 569 g/mol. The summed E-state index contributed by atoms with van der Waals surface area (Å²) < 4.78 is 27.6. The van der Waals surface area contributed by atoms with Crippen LogP contribution in [0.3, 0.4) is 0 Å². The van der Waals surface area contributed by atoms with E-state index < -0.39 is 5.97 Å². The van der Waals surface area contributed by atoms with Gasteiger partial charge in [0.25, 0.3) is 0 Å². The van der Waals surface area contributed by atoms with Crippen molar-refractivity contribution in [3.8, 4) is 28.3 Å². The summed E-state index contributed by atoms with van der Waals surface area (Å²) in [5.41, 5.74) is 7.79. The summed E-state index contributed by atoms with van der Waals surface area (Å²) in [5, 5.41) is 9.57. The fourth-order valence-electron chi connectivity index (χ4n) is 5.40. The van der Waals surface area contributed by atoms with Crippen molar-refractivity contribution in [2.24, 2.45) is 0 Å². The molecule has 0 unspecified atom stereocenters. The number of hydrogen-bond acceptors (Lipinski definition) is 5. The lowest BCUT2D eigenvalue weighted by Gasteiger charge is -2.14. The number of aromatic nitrogens is 3. The largest absolute Gasteiger partial charge is 0.478 e. The summed E-state index contributed by atoms with van der Waals surface area (Å²) in [7, 11) is 1.64. The Labute approximate surface area is 260 Å². The van der Waals surface area contributed by atoms with E-state index in [2.05, 4.69) is 24.3 Å². The van der Waals surface area contributed by atoms with Gasteiger partial charge in [-0.2, -0.15) is 0 Å². The van der Waals surface area contributed by atoms with Gasteiger partial charge >= 0.3 is 5.97 Å². The number of imidazole rings is 1. The lowest BCUT2D eigenvalue weighted by atomic mass is 9.94. The Kier molecular flexibility index (Phi) is 8.66. The fraction of sp³-hybridized carbons (Fsp3) is 0.162. The summed E-state index contributed by atoms with van der Waals surface area (Å²) in [6, 6.07) is 32.0. The monoisotopic (exact) mass is 601 g/mol. The second-order valence-electron chi connectivity index (χ2n) is 10.8. The average molecular weight is 602 g/mol. The van der Waals surface area contributed by atoms with Crippen molar-refractivity contribution in [2.45, 2.75) is 26.5 Å². The molecule has 45 heavy (non-hydrogen) atoms. The van der Waals surface area contributed by atoms with Crippen LogP contribution in [0.2, 0.25) is 0 Å². The van der Waals surface area contributed by atoms with Crippen LogP contribution in [0.15, 0.2) is 103 Å². The number of nitrogens with zero attached hydrogens (tertiary/aromatic N) is 3. The molecule has 0 saturated heterocycles. The first-order chi connectivity index (χ1) is 21.9. The van der Waals surface area contributed by atoms with E-state index in [4.69, 9.17) is 19.4 Å². The number of rotatable bonds is 11. The molecule has 6 aromatic rings. The summed E-state index contributed by atoms with van der Waals surface area (Å²) in [4.78, 5) is 21.3. The molecule has 0 spiro atoms. The zero-order valence-electron chi connectivity index (χ0n) is 25.0. The van der Waals surface area contributed by atoms with Gasteiger partial charge in [0.15, 0.2) is 0 Å². The number of hydrogen-bond donors (Lipinski definition) is 1. The average Bonchev–Trinajstić information content (AvgIpc) is 3.40. The molecule has 0 aliphatic rings. The van der Waals surface area contributed by atoms with Crippen molar-refractivity contribution < 1.29 is 23.8 Å².